The minimum absolute atomic E-state index is 0.323. The second kappa shape index (κ2) is 5.45. The summed E-state index contributed by atoms with van der Waals surface area (Å²) in [5.74, 6) is 0.455. The number of methoxy groups -OCH3 is 1. The predicted molar refractivity (Wildman–Crippen MR) is 69.9 cm³/mol. The van der Waals surface area contributed by atoms with E-state index in [2.05, 4.69) is 4.98 Å². The van der Waals surface area contributed by atoms with Gasteiger partial charge in [-0.25, -0.2) is 0 Å². The van der Waals surface area contributed by atoms with Gasteiger partial charge in [-0.1, -0.05) is 18.2 Å². The normalized spacial score (nSPS) is 11.9. The van der Waals surface area contributed by atoms with Crippen molar-refractivity contribution in [3.63, 3.8) is 0 Å². The van der Waals surface area contributed by atoms with E-state index in [1.165, 1.54) is 0 Å². The first-order valence-electron chi connectivity index (χ1n) is 5.77. The molecule has 0 spiro atoms. The highest BCUT2D eigenvalue weighted by molar-refractivity contribution is 5.67. The number of carbonyl (C=O) groups is 1. The maximum absolute atomic E-state index is 11.3. The van der Waals surface area contributed by atoms with Crippen LogP contribution in [0.15, 0.2) is 42.5 Å². The maximum atomic E-state index is 11.3. The molecule has 1 unspecified atom stereocenters. The second-order valence-corrected chi connectivity index (χ2v) is 4.09. The monoisotopic (exact) mass is 241 g/mol. The number of carbonyl (C=O) groups excluding carboxylic acids is 1. The first-order chi connectivity index (χ1) is 8.74. The van der Waals surface area contributed by atoms with Crippen molar-refractivity contribution in [1.82, 2.24) is 4.98 Å². The molecule has 1 heterocycles. The van der Waals surface area contributed by atoms with Crippen LogP contribution < -0.4 is 4.74 Å². The van der Waals surface area contributed by atoms with Crippen LogP contribution in [0.1, 0.15) is 22.9 Å². The second-order valence-electron chi connectivity index (χ2n) is 4.09. The predicted octanol–water partition coefficient (Wildman–Crippen LogP) is 2.73. The smallest absolute Gasteiger partial charge is 0.133 e. The number of hydrogen-bond acceptors (Lipinski definition) is 3. The van der Waals surface area contributed by atoms with Gasteiger partial charge >= 0.3 is 0 Å². The number of ether oxygens (including phenoxy) is 1. The van der Waals surface area contributed by atoms with Crippen LogP contribution in [0, 0.1) is 6.92 Å². The van der Waals surface area contributed by atoms with Crippen molar-refractivity contribution in [3.05, 3.63) is 59.4 Å². The lowest BCUT2D eigenvalue weighted by atomic mass is 9.96. The van der Waals surface area contributed by atoms with Crippen molar-refractivity contribution in [3.8, 4) is 5.75 Å². The molecule has 0 amide bonds. The molecule has 0 aliphatic carbocycles. The molecule has 2 aromatic rings. The first kappa shape index (κ1) is 12.3. The quantitative estimate of drug-likeness (QED) is 0.773. The Morgan fingerprint density at radius 1 is 1.17 bits per heavy atom. The third kappa shape index (κ3) is 2.56. The summed E-state index contributed by atoms with van der Waals surface area (Å²) in [5, 5.41) is 0. The van der Waals surface area contributed by atoms with Crippen LogP contribution in [0.4, 0.5) is 0 Å². The summed E-state index contributed by atoms with van der Waals surface area (Å²) >= 11 is 0. The number of pyridine rings is 1. The van der Waals surface area contributed by atoms with Gasteiger partial charge in [-0.2, -0.15) is 0 Å². The van der Waals surface area contributed by atoms with E-state index >= 15 is 0 Å². The molecule has 0 bridgehead atoms. The average molecular weight is 241 g/mol. The number of nitrogens with zero attached hydrogens (tertiary/aromatic N) is 1. The molecule has 1 aromatic carbocycles. The molecule has 3 heteroatoms. The number of rotatable bonds is 4. The molecule has 1 aromatic heterocycles. The topological polar surface area (TPSA) is 39.2 Å². The fraction of sp³-hybridized carbons (Fsp3) is 0.200. The van der Waals surface area contributed by atoms with Crippen LogP contribution in [-0.2, 0) is 4.79 Å². The van der Waals surface area contributed by atoms with Gasteiger partial charge in [0.25, 0.3) is 0 Å². The van der Waals surface area contributed by atoms with Crippen LogP contribution in [0.25, 0.3) is 0 Å². The number of aldehydes is 1. The Morgan fingerprint density at radius 3 is 2.44 bits per heavy atom. The molecule has 1 atom stereocenters. The summed E-state index contributed by atoms with van der Waals surface area (Å²) < 4.78 is 5.10. The van der Waals surface area contributed by atoms with Gasteiger partial charge in [0.1, 0.15) is 12.0 Å². The highest BCUT2D eigenvalue weighted by Gasteiger charge is 2.14. The Morgan fingerprint density at radius 2 is 1.89 bits per heavy atom. The molecular weight excluding hydrogens is 226 g/mol. The molecule has 0 fully saturated rings. The largest absolute Gasteiger partial charge is 0.497 e. The Hall–Kier alpha value is -2.16. The lowest BCUT2D eigenvalue weighted by Crippen LogP contribution is -2.05. The van der Waals surface area contributed by atoms with Crippen molar-refractivity contribution in [2.24, 2.45) is 0 Å². The van der Waals surface area contributed by atoms with E-state index in [9.17, 15) is 4.79 Å². The molecule has 2 rings (SSSR count). The number of benzene rings is 1. The van der Waals surface area contributed by atoms with Crippen molar-refractivity contribution in [2.45, 2.75) is 12.8 Å². The molecule has 18 heavy (non-hydrogen) atoms. The third-order valence-electron chi connectivity index (χ3n) is 2.84. The van der Waals surface area contributed by atoms with E-state index in [-0.39, 0.29) is 5.92 Å². The number of aryl methyl sites for hydroxylation is 1. The van der Waals surface area contributed by atoms with Gasteiger partial charge in [0.15, 0.2) is 0 Å². The van der Waals surface area contributed by atoms with Crippen LogP contribution in [-0.4, -0.2) is 18.4 Å². The minimum atomic E-state index is -0.323. The Bertz CT molecular complexity index is 534. The lowest BCUT2D eigenvalue weighted by molar-refractivity contribution is -0.108. The van der Waals surface area contributed by atoms with Crippen molar-refractivity contribution >= 4 is 6.29 Å². The summed E-state index contributed by atoms with van der Waals surface area (Å²) in [6, 6.07) is 13.2. The Labute approximate surface area is 106 Å². The minimum Gasteiger partial charge on any atom is -0.497 e. The summed E-state index contributed by atoms with van der Waals surface area (Å²) in [6.07, 6.45) is 0.920. The highest BCUT2D eigenvalue weighted by atomic mass is 16.5. The highest BCUT2D eigenvalue weighted by Crippen LogP contribution is 2.23. The third-order valence-corrected chi connectivity index (χ3v) is 2.84. The average Bonchev–Trinajstić information content (AvgIpc) is 2.40. The van der Waals surface area contributed by atoms with E-state index < -0.39 is 0 Å². The lowest BCUT2D eigenvalue weighted by Gasteiger charge is -2.11. The molecule has 3 nitrogen and oxygen atoms in total. The molecule has 0 saturated heterocycles. The summed E-state index contributed by atoms with van der Waals surface area (Å²) in [6.45, 7) is 1.92. The van der Waals surface area contributed by atoms with Crippen molar-refractivity contribution in [2.75, 3.05) is 7.11 Å². The van der Waals surface area contributed by atoms with Gasteiger partial charge in [-0.3, -0.25) is 4.98 Å². The van der Waals surface area contributed by atoms with Gasteiger partial charge in [-0.05, 0) is 36.8 Å². The summed E-state index contributed by atoms with van der Waals surface area (Å²) in [4.78, 5) is 15.7. The molecule has 0 aliphatic heterocycles. The zero-order valence-corrected chi connectivity index (χ0v) is 10.5. The van der Waals surface area contributed by atoms with Gasteiger partial charge in [-0.15, -0.1) is 0 Å². The van der Waals surface area contributed by atoms with E-state index in [0.29, 0.717) is 0 Å². The van der Waals surface area contributed by atoms with Crippen molar-refractivity contribution in [1.29, 1.82) is 0 Å². The maximum Gasteiger partial charge on any atom is 0.133 e. The SMILES string of the molecule is COc1ccc(C(C=O)c2cccc(C)n2)cc1. The van der Waals surface area contributed by atoms with Crippen LogP contribution in [0.5, 0.6) is 5.75 Å². The molecular formula is C15H15NO2. The number of aromatic nitrogens is 1. The standard InChI is InChI=1S/C15H15NO2/c1-11-4-3-5-15(16-11)14(10-17)12-6-8-13(18-2)9-7-12/h3-10,14H,1-2H3. The zero-order valence-electron chi connectivity index (χ0n) is 10.5. The number of hydrogen-bond donors (Lipinski definition) is 0. The summed E-state index contributed by atoms with van der Waals surface area (Å²) in [7, 11) is 1.62. The van der Waals surface area contributed by atoms with Crippen LogP contribution >= 0.6 is 0 Å². The van der Waals surface area contributed by atoms with E-state index in [1.54, 1.807) is 7.11 Å². The van der Waals surface area contributed by atoms with Gasteiger partial charge in [0.2, 0.25) is 0 Å². The van der Waals surface area contributed by atoms with E-state index in [4.69, 9.17) is 4.74 Å². The Kier molecular flexibility index (Phi) is 3.72. The molecule has 92 valence electrons. The van der Waals surface area contributed by atoms with E-state index in [1.807, 2.05) is 49.4 Å². The molecule has 0 saturated carbocycles. The summed E-state index contributed by atoms with van der Waals surface area (Å²) in [5.41, 5.74) is 2.60. The fourth-order valence-electron chi connectivity index (χ4n) is 1.87. The zero-order chi connectivity index (χ0) is 13.0. The van der Waals surface area contributed by atoms with Crippen LogP contribution in [0.2, 0.25) is 0 Å². The van der Waals surface area contributed by atoms with Crippen LogP contribution in [0.3, 0.4) is 0 Å². The Balaban J connectivity index is 2.35. The van der Waals surface area contributed by atoms with Gasteiger partial charge in [0, 0.05) is 5.69 Å². The van der Waals surface area contributed by atoms with Gasteiger partial charge in [0.05, 0.1) is 18.7 Å². The molecule has 0 N–H and O–H groups in total. The van der Waals surface area contributed by atoms with Gasteiger partial charge < -0.3 is 9.53 Å². The van der Waals surface area contributed by atoms with Crippen molar-refractivity contribution < 1.29 is 9.53 Å². The molecule has 0 aliphatic rings. The fourth-order valence-corrected chi connectivity index (χ4v) is 1.87. The van der Waals surface area contributed by atoms with E-state index in [0.717, 1.165) is 29.0 Å². The molecule has 0 radical (unpaired) electrons. The first-order valence-corrected chi connectivity index (χ1v) is 5.77.